The molecular weight excluding hydrogens is 324 g/mol. The van der Waals surface area contributed by atoms with Crippen LogP contribution in [-0.4, -0.2) is 19.8 Å². The average molecular weight is 337 g/mol. The van der Waals surface area contributed by atoms with Crippen LogP contribution in [0.15, 0.2) is 60.7 Å². The summed E-state index contributed by atoms with van der Waals surface area (Å²) in [6, 6.07) is 15.8. The second-order valence-electron chi connectivity index (χ2n) is 5.50. The highest BCUT2D eigenvalue weighted by molar-refractivity contribution is 5.59. The fourth-order valence-electron chi connectivity index (χ4n) is 2.46. The van der Waals surface area contributed by atoms with Gasteiger partial charge >= 0.3 is 0 Å². The maximum absolute atomic E-state index is 13.1. The number of benzene rings is 2. The van der Waals surface area contributed by atoms with Gasteiger partial charge in [0.05, 0.1) is 0 Å². The zero-order valence-corrected chi connectivity index (χ0v) is 13.0. The van der Waals surface area contributed by atoms with Crippen LogP contribution in [-0.2, 0) is 6.54 Å². The Morgan fingerprint density at radius 3 is 2.20 bits per heavy atom. The molecule has 2 heterocycles. The summed E-state index contributed by atoms with van der Waals surface area (Å²) in [4.78, 5) is 0. The lowest BCUT2D eigenvalue weighted by atomic mass is 10.2. The van der Waals surface area contributed by atoms with Gasteiger partial charge in [-0.1, -0.05) is 12.1 Å². The van der Waals surface area contributed by atoms with E-state index in [0.29, 0.717) is 23.8 Å². The number of nitrogens with zero attached hydrogens (tertiary/aromatic N) is 4. The number of fused-ring (bicyclic) bond motifs is 1. The van der Waals surface area contributed by atoms with Crippen LogP contribution in [0.2, 0.25) is 0 Å². The van der Waals surface area contributed by atoms with Gasteiger partial charge in [-0.15, -0.1) is 15.3 Å². The number of hydrogen-bond donors (Lipinski definition) is 1. The molecule has 0 amide bonds. The van der Waals surface area contributed by atoms with Crippen molar-refractivity contribution < 1.29 is 8.78 Å². The van der Waals surface area contributed by atoms with Crippen LogP contribution in [0.4, 0.5) is 14.6 Å². The molecule has 0 bridgehead atoms. The summed E-state index contributed by atoms with van der Waals surface area (Å²) in [5.74, 6) is 0.573. The minimum absolute atomic E-state index is 0.267. The van der Waals surface area contributed by atoms with Crippen LogP contribution in [0.5, 0.6) is 0 Å². The van der Waals surface area contributed by atoms with Crippen LogP contribution < -0.4 is 5.32 Å². The van der Waals surface area contributed by atoms with Crippen molar-refractivity contribution in [1.82, 2.24) is 19.8 Å². The molecule has 124 valence electrons. The van der Waals surface area contributed by atoms with Crippen LogP contribution in [0, 0.1) is 11.6 Å². The molecule has 0 atom stereocenters. The molecule has 25 heavy (non-hydrogen) atoms. The number of hydrogen-bond acceptors (Lipinski definition) is 4. The first-order valence-electron chi connectivity index (χ1n) is 7.66. The standard InChI is InChI=1S/C18H13F2N5/c19-14-5-1-12(2-6-14)11-21-16-9-10-17-22-23-18(25(17)24-16)13-3-7-15(20)8-4-13/h1-10H,11H2,(H,21,24). The smallest absolute Gasteiger partial charge is 0.185 e. The molecule has 0 fully saturated rings. The van der Waals surface area contributed by atoms with E-state index in [9.17, 15) is 8.78 Å². The minimum atomic E-state index is -0.313. The van der Waals surface area contributed by atoms with Gasteiger partial charge in [0.2, 0.25) is 0 Å². The number of aromatic nitrogens is 4. The lowest BCUT2D eigenvalue weighted by Gasteiger charge is -2.06. The van der Waals surface area contributed by atoms with Crippen LogP contribution in [0.3, 0.4) is 0 Å². The topological polar surface area (TPSA) is 55.1 Å². The number of anilines is 1. The third kappa shape index (κ3) is 3.16. The Morgan fingerprint density at radius 1 is 0.800 bits per heavy atom. The van der Waals surface area contributed by atoms with E-state index in [0.717, 1.165) is 11.1 Å². The molecule has 0 saturated carbocycles. The first-order valence-corrected chi connectivity index (χ1v) is 7.66. The first kappa shape index (κ1) is 15.2. The van der Waals surface area contributed by atoms with E-state index < -0.39 is 0 Å². The zero-order chi connectivity index (χ0) is 17.2. The predicted octanol–water partition coefficient (Wildman–Crippen LogP) is 3.68. The summed E-state index contributed by atoms with van der Waals surface area (Å²) < 4.78 is 27.6. The lowest BCUT2D eigenvalue weighted by molar-refractivity contribution is 0.627. The van der Waals surface area contributed by atoms with Gasteiger partial charge in [0.25, 0.3) is 0 Å². The quantitative estimate of drug-likeness (QED) is 0.617. The number of nitrogens with one attached hydrogen (secondary N) is 1. The molecular formula is C18H13F2N5. The van der Waals surface area contributed by atoms with Gasteiger partial charge in [0.1, 0.15) is 17.5 Å². The van der Waals surface area contributed by atoms with Gasteiger partial charge in [-0.3, -0.25) is 0 Å². The van der Waals surface area contributed by atoms with Gasteiger partial charge in [0.15, 0.2) is 11.5 Å². The van der Waals surface area contributed by atoms with Crippen molar-refractivity contribution in [3.63, 3.8) is 0 Å². The molecule has 0 radical (unpaired) electrons. The Kier molecular flexibility index (Phi) is 3.81. The Hall–Kier alpha value is -3.35. The van der Waals surface area contributed by atoms with E-state index in [-0.39, 0.29) is 11.6 Å². The van der Waals surface area contributed by atoms with Gasteiger partial charge in [-0.25, -0.2) is 8.78 Å². The third-order valence-electron chi connectivity index (χ3n) is 3.75. The normalized spacial score (nSPS) is 11.0. The van der Waals surface area contributed by atoms with Gasteiger partial charge in [-0.05, 0) is 54.1 Å². The molecule has 4 rings (SSSR count). The average Bonchev–Trinajstić information content (AvgIpc) is 3.05. The summed E-state index contributed by atoms with van der Waals surface area (Å²) in [7, 11) is 0. The maximum Gasteiger partial charge on any atom is 0.185 e. The van der Waals surface area contributed by atoms with Crippen molar-refractivity contribution in [3.05, 3.63) is 77.9 Å². The van der Waals surface area contributed by atoms with Gasteiger partial charge in [0, 0.05) is 12.1 Å². The molecule has 7 heteroatoms. The minimum Gasteiger partial charge on any atom is -0.365 e. The van der Waals surface area contributed by atoms with E-state index in [1.807, 2.05) is 0 Å². The van der Waals surface area contributed by atoms with Crippen molar-refractivity contribution in [2.45, 2.75) is 6.54 Å². The second-order valence-corrected chi connectivity index (χ2v) is 5.50. The number of rotatable bonds is 4. The molecule has 4 aromatic rings. The molecule has 0 aliphatic carbocycles. The van der Waals surface area contributed by atoms with Crippen LogP contribution in [0.1, 0.15) is 5.56 Å². The van der Waals surface area contributed by atoms with Crippen molar-refractivity contribution in [2.24, 2.45) is 0 Å². The van der Waals surface area contributed by atoms with Crippen LogP contribution >= 0.6 is 0 Å². The third-order valence-corrected chi connectivity index (χ3v) is 3.75. The summed E-state index contributed by atoms with van der Waals surface area (Å²) in [6.07, 6.45) is 0. The van der Waals surface area contributed by atoms with Crippen molar-refractivity contribution in [3.8, 4) is 11.4 Å². The van der Waals surface area contributed by atoms with E-state index in [1.54, 1.807) is 40.9 Å². The van der Waals surface area contributed by atoms with E-state index >= 15 is 0 Å². The molecule has 0 unspecified atom stereocenters. The summed E-state index contributed by atoms with van der Waals surface area (Å²) >= 11 is 0. The first-order chi connectivity index (χ1) is 12.2. The predicted molar refractivity (Wildman–Crippen MR) is 89.9 cm³/mol. The number of halogens is 2. The molecule has 0 aliphatic heterocycles. The zero-order valence-electron chi connectivity index (χ0n) is 13.0. The Morgan fingerprint density at radius 2 is 1.48 bits per heavy atom. The van der Waals surface area contributed by atoms with Crippen molar-refractivity contribution in [1.29, 1.82) is 0 Å². The second kappa shape index (κ2) is 6.27. The van der Waals surface area contributed by atoms with E-state index in [4.69, 9.17) is 0 Å². The van der Waals surface area contributed by atoms with Crippen LogP contribution in [0.25, 0.3) is 17.0 Å². The monoisotopic (exact) mass is 337 g/mol. The Bertz CT molecular complexity index is 1010. The highest BCUT2D eigenvalue weighted by Crippen LogP contribution is 2.19. The molecule has 5 nitrogen and oxygen atoms in total. The fraction of sp³-hybridized carbons (Fsp3) is 0.0556. The van der Waals surface area contributed by atoms with E-state index in [2.05, 4.69) is 20.6 Å². The summed E-state index contributed by atoms with van der Waals surface area (Å²) in [5.41, 5.74) is 2.24. The maximum atomic E-state index is 13.1. The lowest BCUT2D eigenvalue weighted by Crippen LogP contribution is -2.04. The highest BCUT2D eigenvalue weighted by atomic mass is 19.1. The van der Waals surface area contributed by atoms with Crippen molar-refractivity contribution >= 4 is 11.5 Å². The molecule has 0 saturated heterocycles. The van der Waals surface area contributed by atoms with Gasteiger partial charge in [-0.2, -0.15) is 4.52 Å². The van der Waals surface area contributed by atoms with Crippen molar-refractivity contribution in [2.75, 3.05) is 5.32 Å². The molecule has 0 spiro atoms. The molecule has 2 aromatic carbocycles. The largest absolute Gasteiger partial charge is 0.365 e. The fourth-order valence-corrected chi connectivity index (χ4v) is 2.46. The SMILES string of the molecule is Fc1ccc(CNc2ccc3nnc(-c4ccc(F)cc4)n3n2)cc1. The Labute approximate surface area is 142 Å². The summed E-state index contributed by atoms with van der Waals surface area (Å²) in [6.45, 7) is 0.507. The molecule has 2 aromatic heterocycles. The van der Waals surface area contributed by atoms with Gasteiger partial charge < -0.3 is 5.32 Å². The highest BCUT2D eigenvalue weighted by Gasteiger charge is 2.10. The van der Waals surface area contributed by atoms with E-state index in [1.165, 1.54) is 24.3 Å². The Balaban J connectivity index is 1.61. The molecule has 0 aliphatic rings. The molecule has 1 N–H and O–H groups in total. The summed E-state index contributed by atoms with van der Waals surface area (Å²) in [5, 5.41) is 15.9.